The van der Waals surface area contributed by atoms with Gasteiger partial charge in [-0.15, -0.1) is 0 Å². The number of aryl methyl sites for hydroxylation is 1. The summed E-state index contributed by atoms with van der Waals surface area (Å²) in [4.78, 5) is 36.5. The maximum absolute atomic E-state index is 12.8. The molecule has 1 aromatic rings. The van der Waals surface area contributed by atoms with Gasteiger partial charge in [-0.1, -0.05) is 13.8 Å². The van der Waals surface area contributed by atoms with Gasteiger partial charge in [-0.05, 0) is 26.7 Å². The molecule has 0 fully saturated rings. The molecule has 26 heavy (non-hydrogen) atoms. The molecule has 8 heteroatoms. The van der Waals surface area contributed by atoms with Crippen LogP contribution in [-0.4, -0.2) is 56.7 Å². The molecule has 1 aromatic heterocycles. The van der Waals surface area contributed by atoms with Gasteiger partial charge in [0.25, 0.3) is 0 Å². The van der Waals surface area contributed by atoms with E-state index in [0.29, 0.717) is 5.92 Å². The molecule has 0 saturated carbocycles. The van der Waals surface area contributed by atoms with E-state index >= 15 is 0 Å². The van der Waals surface area contributed by atoms with Crippen LogP contribution in [0.15, 0.2) is 0 Å². The Hall–Kier alpha value is -2.38. The zero-order valence-corrected chi connectivity index (χ0v) is 16.5. The van der Waals surface area contributed by atoms with E-state index in [9.17, 15) is 19.5 Å². The lowest BCUT2D eigenvalue weighted by Crippen LogP contribution is -2.47. The Morgan fingerprint density at radius 1 is 1.23 bits per heavy atom. The summed E-state index contributed by atoms with van der Waals surface area (Å²) in [7, 11) is 0. The molecule has 2 N–H and O–H groups in total. The summed E-state index contributed by atoms with van der Waals surface area (Å²) in [6.07, 6.45) is 0.0907. The number of aliphatic carboxylic acids is 1. The van der Waals surface area contributed by atoms with Crippen molar-refractivity contribution in [1.82, 2.24) is 20.0 Å². The first-order valence-electron chi connectivity index (χ1n) is 8.84. The van der Waals surface area contributed by atoms with Gasteiger partial charge in [0.15, 0.2) is 0 Å². The number of nitrogens with one attached hydrogen (secondary N) is 1. The van der Waals surface area contributed by atoms with Gasteiger partial charge in [0.1, 0.15) is 6.04 Å². The number of carboxylic acid groups (broad SMARTS) is 1. The second-order valence-corrected chi connectivity index (χ2v) is 6.99. The van der Waals surface area contributed by atoms with E-state index in [2.05, 4.69) is 24.3 Å². The average molecular weight is 366 g/mol. The highest BCUT2D eigenvalue weighted by Crippen LogP contribution is 2.17. The van der Waals surface area contributed by atoms with Crippen LogP contribution in [0.1, 0.15) is 44.6 Å². The number of amides is 2. The van der Waals surface area contributed by atoms with E-state index in [4.69, 9.17) is 0 Å². The van der Waals surface area contributed by atoms with Crippen molar-refractivity contribution >= 4 is 17.8 Å². The molecule has 0 radical (unpaired) electrons. The molecule has 0 saturated heterocycles. The van der Waals surface area contributed by atoms with Crippen LogP contribution in [0, 0.1) is 19.8 Å². The normalized spacial score (nSPS) is 12.1. The number of carbonyl (C=O) groups is 3. The first-order valence-corrected chi connectivity index (χ1v) is 8.84. The van der Waals surface area contributed by atoms with Crippen molar-refractivity contribution in [3.63, 3.8) is 0 Å². The largest absolute Gasteiger partial charge is 0.480 e. The van der Waals surface area contributed by atoms with E-state index in [1.54, 1.807) is 0 Å². The fourth-order valence-electron chi connectivity index (χ4n) is 2.79. The summed E-state index contributed by atoms with van der Waals surface area (Å²) < 4.78 is 1.89. The number of nitrogens with zero attached hydrogens (tertiary/aromatic N) is 3. The van der Waals surface area contributed by atoms with Gasteiger partial charge >= 0.3 is 5.97 Å². The monoisotopic (exact) mass is 366 g/mol. The van der Waals surface area contributed by atoms with Gasteiger partial charge < -0.3 is 15.3 Å². The predicted molar refractivity (Wildman–Crippen MR) is 97.7 cm³/mol. The molecule has 8 nitrogen and oxygen atoms in total. The van der Waals surface area contributed by atoms with Gasteiger partial charge in [-0.2, -0.15) is 5.10 Å². The zero-order chi connectivity index (χ0) is 20.0. The van der Waals surface area contributed by atoms with Crippen LogP contribution in [0.5, 0.6) is 0 Å². The highest BCUT2D eigenvalue weighted by molar-refractivity contribution is 5.85. The standard InChI is InChI=1S/C18H30N4O4/c1-11(2)10-22-13(4)16(12(3)20-22)9-17(24)21(14(5)18(25)26)8-7-19-15(6)23/h11,14H,7-10H2,1-6H3,(H,19,23)(H,25,26). The van der Waals surface area contributed by atoms with Crippen molar-refractivity contribution in [2.45, 2.75) is 60.5 Å². The molecule has 1 rings (SSSR count). The first-order chi connectivity index (χ1) is 12.0. The lowest BCUT2D eigenvalue weighted by molar-refractivity contribution is -0.149. The van der Waals surface area contributed by atoms with Gasteiger partial charge in [0.05, 0.1) is 12.1 Å². The Bertz CT molecular complexity index is 666. The lowest BCUT2D eigenvalue weighted by atomic mass is 10.1. The molecule has 1 unspecified atom stereocenters. The maximum atomic E-state index is 12.8. The van der Waals surface area contributed by atoms with E-state index < -0.39 is 12.0 Å². The van der Waals surface area contributed by atoms with Gasteiger partial charge in [-0.3, -0.25) is 14.3 Å². The molecular weight excluding hydrogens is 336 g/mol. The number of carboxylic acids is 1. The summed E-state index contributed by atoms with van der Waals surface area (Å²) in [5.41, 5.74) is 2.54. The minimum atomic E-state index is -1.08. The number of carbonyl (C=O) groups excluding carboxylic acids is 2. The molecule has 0 aliphatic carbocycles. The fourth-order valence-corrected chi connectivity index (χ4v) is 2.79. The second kappa shape index (κ2) is 9.35. The number of hydrogen-bond donors (Lipinski definition) is 2. The van der Waals surface area contributed by atoms with Crippen LogP contribution < -0.4 is 5.32 Å². The molecule has 1 heterocycles. The Labute approximate surface area is 154 Å². The van der Waals surface area contributed by atoms with E-state index in [0.717, 1.165) is 23.5 Å². The van der Waals surface area contributed by atoms with Crippen molar-refractivity contribution in [2.24, 2.45) is 5.92 Å². The van der Waals surface area contributed by atoms with Crippen molar-refractivity contribution in [3.05, 3.63) is 17.0 Å². The SMILES string of the molecule is CC(=O)NCCN(C(=O)Cc1c(C)nn(CC(C)C)c1C)C(C)C(=O)O. The summed E-state index contributed by atoms with van der Waals surface area (Å²) in [6.45, 7) is 11.9. The minimum absolute atomic E-state index is 0.0907. The van der Waals surface area contributed by atoms with Gasteiger partial charge in [-0.25, -0.2) is 4.79 Å². The van der Waals surface area contributed by atoms with Crippen LogP contribution in [0.3, 0.4) is 0 Å². The molecule has 0 aliphatic rings. The molecular formula is C18H30N4O4. The molecule has 0 spiro atoms. The summed E-state index contributed by atoms with van der Waals surface area (Å²) in [5, 5.41) is 16.4. The zero-order valence-electron chi connectivity index (χ0n) is 16.5. The molecule has 0 bridgehead atoms. The summed E-state index contributed by atoms with van der Waals surface area (Å²) in [5.74, 6) is -1.16. The van der Waals surface area contributed by atoms with Crippen LogP contribution in [0.4, 0.5) is 0 Å². The molecule has 2 amide bonds. The quantitative estimate of drug-likeness (QED) is 0.682. The highest BCUT2D eigenvalue weighted by atomic mass is 16.4. The Kier molecular flexibility index (Phi) is 7.79. The Morgan fingerprint density at radius 2 is 1.85 bits per heavy atom. The van der Waals surface area contributed by atoms with E-state index in [1.165, 1.54) is 18.7 Å². The third-order valence-electron chi connectivity index (χ3n) is 4.27. The summed E-state index contributed by atoms with van der Waals surface area (Å²) in [6, 6.07) is -0.970. The lowest BCUT2D eigenvalue weighted by Gasteiger charge is -2.26. The third kappa shape index (κ3) is 5.86. The van der Waals surface area contributed by atoms with Crippen LogP contribution >= 0.6 is 0 Å². The molecule has 1 atom stereocenters. The van der Waals surface area contributed by atoms with Gasteiger partial charge in [0, 0.05) is 37.8 Å². The molecule has 0 aliphatic heterocycles. The van der Waals surface area contributed by atoms with Gasteiger partial charge in [0.2, 0.25) is 11.8 Å². The third-order valence-corrected chi connectivity index (χ3v) is 4.27. The fraction of sp³-hybridized carbons (Fsp3) is 0.667. The van der Waals surface area contributed by atoms with Crippen molar-refractivity contribution in [2.75, 3.05) is 13.1 Å². The molecule has 146 valence electrons. The number of aromatic nitrogens is 2. The summed E-state index contributed by atoms with van der Waals surface area (Å²) >= 11 is 0. The van der Waals surface area contributed by atoms with Crippen molar-refractivity contribution in [1.29, 1.82) is 0 Å². The molecule has 0 aromatic carbocycles. The van der Waals surface area contributed by atoms with E-state index in [1.807, 2.05) is 18.5 Å². The van der Waals surface area contributed by atoms with E-state index in [-0.39, 0.29) is 31.3 Å². The van der Waals surface area contributed by atoms with Crippen molar-refractivity contribution < 1.29 is 19.5 Å². The number of hydrogen-bond acceptors (Lipinski definition) is 4. The Morgan fingerprint density at radius 3 is 2.35 bits per heavy atom. The first kappa shape index (κ1) is 21.7. The number of rotatable bonds is 9. The second-order valence-electron chi connectivity index (χ2n) is 6.99. The van der Waals surface area contributed by atoms with Crippen LogP contribution in [0.2, 0.25) is 0 Å². The minimum Gasteiger partial charge on any atom is -0.480 e. The van der Waals surface area contributed by atoms with Crippen molar-refractivity contribution in [3.8, 4) is 0 Å². The van der Waals surface area contributed by atoms with Crippen LogP contribution in [0.25, 0.3) is 0 Å². The van der Waals surface area contributed by atoms with Crippen LogP contribution in [-0.2, 0) is 27.3 Å². The maximum Gasteiger partial charge on any atom is 0.326 e. The predicted octanol–water partition coefficient (Wildman–Crippen LogP) is 1.14. The Balaban J connectivity index is 2.96. The highest BCUT2D eigenvalue weighted by Gasteiger charge is 2.27. The topological polar surface area (TPSA) is 105 Å². The average Bonchev–Trinajstić information content (AvgIpc) is 2.77. The smallest absolute Gasteiger partial charge is 0.326 e.